The fraction of sp³-hybridized carbons (Fsp3) is 0.375. The molecule has 2 rings (SSSR count). The van der Waals surface area contributed by atoms with Crippen molar-refractivity contribution in [2.75, 3.05) is 13.6 Å². The number of nitrogens with zero attached hydrogens (tertiary/aromatic N) is 1. The van der Waals surface area contributed by atoms with Gasteiger partial charge in [-0.25, -0.2) is 0 Å². The maximum absolute atomic E-state index is 10.2. The Morgan fingerprint density at radius 2 is 2.10 bits per heavy atom. The molecule has 0 aliphatic carbocycles. The summed E-state index contributed by atoms with van der Waals surface area (Å²) in [5.41, 5.74) is 0.884. The molecule has 2 atom stereocenters. The molecule has 1 aromatic carbocycles. The Hall–Kier alpha value is -0.870. The summed E-state index contributed by atoms with van der Waals surface area (Å²) < 4.78 is 0. The third-order valence-corrected chi connectivity index (χ3v) is 4.88. The van der Waals surface area contributed by atoms with E-state index in [0.29, 0.717) is 17.5 Å². The number of benzene rings is 1. The van der Waals surface area contributed by atoms with E-state index in [1.165, 1.54) is 4.88 Å². The van der Waals surface area contributed by atoms with Crippen LogP contribution < -0.4 is 0 Å². The van der Waals surface area contributed by atoms with Gasteiger partial charge in [-0.05, 0) is 49.5 Å². The van der Waals surface area contributed by atoms with Crippen LogP contribution in [0.4, 0.5) is 0 Å². The van der Waals surface area contributed by atoms with Crippen LogP contribution in [0.15, 0.2) is 41.8 Å². The second-order valence-corrected chi connectivity index (χ2v) is 6.45. The van der Waals surface area contributed by atoms with E-state index in [1.54, 1.807) is 11.3 Å². The first-order chi connectivity index (χ1) is 9.58. The number of rotatable bonds is 6. The summed E-state index contributed by atoms with van der Waals surface area (Å²) in [5, 5.41) is 13.0. The van der Waals surface area contributed by atoms with Gasteiger partial charge in [0.15, 0.2) is 0 Å². The monoisotopic (exact) mass is 309 g/mol. The van der Waals surface area contributed by atoms with Gasteiger partial charge in [0.2, 0.25) is 0 Å². The Kier molecular flexibility index (Phi) is 5.61. The summed E-state index contributed by atoms with van der Waals surface area (Å²) in [4.78, 5) is 3.62. The Morgan fingerprint density at radius 1 is 1.30 bits per heavy atom. The highest BCUT2D eigenvalue weighted by Crippen LogP contribution is 2.25. The minimum atomic E-state index is -0.466. The van der Waals surface area contributed by atoms with E-state index in [9.17, 15) is 5.11 Å². The molecule has 0 fully saturated rings. The molecular weight excluding hydrogens is 290 g/mol. The van der Waals surface area contributed by atoms with Gasteiger partial charge < -0.3 is 5.11 Å². The van der Waals surface area contributed by atoms with Gasteiger partial charge in [0.25, 0.3) is 0 Å². The van der Waals surface area contributed by atoms with Crippen LogP contribution in [0.2, 0.25) is 5.02 Å². The van der Waals surface area contributed by atoms with Crippen molar-refractivity contribution in [1.82, 2.24) is 4.90 Å². The van der Waals surface area contributed by atoms with E-state index in [1.807, 2.05) is 24.3 Å². The van der Waals surface area contributed by atoms with Crippen LogP contribution in [0.5, 0.6) is 0 Å². The van der Waals surface area contributed by atoms with E-state index in [0.717, 1.165) is 12.1 Å². The lowest BCUT2D eigenvalue weighted by Gasteiger charge is -2.25. The maximum atomic E-state index is 10.2. The maximum Gasteiger partial charge on any atom is 0.0802 e. The second kappa shape index (κ2) is 7.23. The van der Waals surface area contributed by atoms with Crippen LogP contribution in [0.3, 0.4) is 0 Å². The molecule has 0 bridgehead atoms. The SMILES string of the molecule is CC(c1cccs1)N(C)CCC(O)c1cccc(Cl)c1. The standard InChI is InChI=1S/C16H20ClNOS/c1-12(16-7-4-10-20-16)18(2)9-8-15(19)13-5-3-6-14(17)11-13/h3-7,10-12,15,19H,8-9H2,1-2H3. The zero-order valence-corrected chi connectivity index (χ0v) is 13.4. The fourth-order valence-corrected chi connectivity index (χ4v) is 3.19. The van der Waals surface area contributed by atoms with Crippen molar-refractivity contribution in [2.24, 2.45) is 0 Å². The van der Waals surface area contributed by atoms with Gasteiger partial charge in [-0.15, -0.1) is 11.3 Å². The zero-order valence-electron chi connectivity index (χ0n) is 11.8. The van der Waals surface area contributed by atoms with Crippen LogP contribution in [-0.4, -0.2) is 23.6 Å². The molecule has 20 heavy (non-hydrogen) atoms. The molecule has 0 aliphatic rings. The summed E-state index contributed by atoms with van der Waals surface area (Å²) in [6, 6.07) is 12.0. The van der Waals surface area contributed by atoms with Gasteiger partial charge in [-0.1, -0.05) is 29.8 Å². The molecular formula is C16H20ClNOS. The number of thiophene rings is 1. The average Bonchev–Trinajstić information content (AvgIpc) is 2.97. The van der Waals surface area contributed by atoms with Crippen LogP contribution >= 0.6 is 22.9 Å². The van der Waals surface area contributed by atoms with E-state index in [-0.39, 0.29) is 0 Å². The van der Waals surface area contributed by atoms with Gasteiger partial charge in [0.1, 0.15) is 0 Å². The lowest BCUT2D eigenvalue weighted by molar-refractivity contribution is 0.139. The van der Waals surface area contributed by atoms with Crippen molar-refractivity contribution in [3.8, 4) is 0 Å². The molecule has 0 radical (unpaired) electrons. The molecule has 108 valence electrons. The van der Waals surface area contributed by atoms with Gasteiger partial charge in [-0.2, -0.15) is 0 Å². The topological polar surface area (TPSA) is 23.5 Å². The molecule has 0 aliphatic heterocycles. The first-order valence-corrected chi connectivity index (χ1v) is 8.01. The zero-order chi connectivity index (χ0) is 14.5. The smallest absolute Gasteiger partial charge is 0.0802 e. The summed E-state index contributed by atoms with van der Waals surface area (Å²) in [5.74, 6) is 0. The Labute approximate surface area is 129 Å². The predicted octanol–water partition coefficient (Wildman–Crippen LogP) is 4.52. The highest BCUT2D eigenvalue weighted by atomic mass is 35.5. The molecule has 0 spiro atoms. The number of aliphatic hydroxyl groups excluding tert-OH is 1. The number of aliphatic hydroxyl groups is 1. The van der Waals surface area contributed by atoms with Crippen molar-refractivity contribution in [2.45, 2.75) is 25.5 Å². The molecule has 2 aromatic rings. The molecule has 0 amide bonds. The minimum Gasteiger partial charge on any atom is -0.388 e. The molecule has 2 nitrogen and oxygen atoms in total. The normalized spacial score (nSPS) is 14.4. The summed E-state index contributed by atoms with van der Waals surface area (Å²) in [6.45, 7) is 3.03. The first kappa shape index (κ1) is 15.5. The highest BCUT2D eigenvalue weighted by molar-refractivity contribution is 7.10. The molecule has 4 heteroatoms. The largest absolute Gasteiger partial charge is 0.388 e. The fourth-order valence-electron chi connectivity index (χ4n) is 2.15. The predicted molar refractivity (Wildman–Crippen MR) is 86.4 cm³/mol. The lowest BCUT2D eigenvalue weighted by Crippen LogP contribution is -2.24. The molecule has 2 unspecified atom stereocenters. The highest BCUT2D eigenvalue weighted by Gasteiger charge is 2.15. The van der Waals surface area contributed by atoms with Crippen LogP contribution in [0.1, 0.15) is 35.9 Å². The first-order valence-electron chi connectivity index (χ1n) is 6.75. The number of hydrogen-bond donors (Lipinski definition) is 1. The number of hydrogen-bond acceptors (Lipinski definition) is 3. The van der Waals surface area contributed by atoms with E-state index >= 15 is 0 Å². The van der Waals surface area contributed by atoms with Gasteiger partial charge in [-0.3, -0.25) is 4.90 Å². The van der Waals surface area contributed by atoms with Gasteiger partial charge in [0.05, 0.1) is 6.10 Å². The van der Waals surface area contributed by atoms with Gasteiger partial charge in [0, 0.05) is 22.5 Å². The van der Waals surface area contributed by atoms with Crippen LogP contribution in [-0.2, 0) is 0 Å². The van der Waals surface area contributed by atoms with Gasteiger partial charge >= 0.3 is 0 Å². The summed E-state index contributed by atoms with van der Waals surface area (Å²) in [6.07, 6.45) is 0.235. The van der Waals surface area contributed by atoms with Crippen LogP contribution in [0, 0.1) is 0 Å². The van der Waals surface area contributed by atoms with Crippen molar-refractivity contribution in [3.05, 3.63) is 57.2 Å². The minimum absolute atomic E-state index is 0.376. The van der Waals surface area contributed by atoms with E-state index in [2.05, 4.69) is 36.4 Å². The van der Waals surface area contributed by atoms with Crippen molar-refractivity contribution in [1.29, 1.82) is 0 Å². The molecule has 1 N–H and O–H groups in total. The third kappa shape index (κ3) is 4.06. The average molecular weight is 310 g/mol. The molecule has 1 heterocycles. The Balaban J connectivity index is 1.88. The summed E-state index contributed by atoms with van der Waals surface area (Å²) in [7, 11) is 2.09. The van der Waals surface area contributed by atoms with Crippen LogP contribution in [0.25, 0.3) is 0 Å². The summed E-state index contributed by atoms with van der Waals surface area (Å²) >= 11 is 7.72. The van der Waals surface area contributed by atoms with Crippen molar-refractivity contribution in [3.63, 3.8) is 0 Å². The molecule has 0 saturated heterocycles. The third-order valence-electron chi connectivity index (χ3n) is 3.60. The molecule has 1 aromatic heterocycles. The van der Waals surface area contributed by atoms with E-state index in [4.69, 9.17) is 11.6 Å². The Morgan fingerprint density at radius 3 is 2.75 bits per heavy atom. The van der Waals surface area contributed by atoms with Crippen molar-refractivity contribution < 1.29 is 5.11 Å². The lowest BCUT2D eigenvalue weighted by atomic mass is 10.1. The second-order valence-electron chi connectivity index (χ2n) is 5.03. The quantitative estimate of drug-likeness (QED) is 0.848. The molecule has 0 saturated carbocycles. The van der Waals surface area contributed by atoms with Crippen molar-refractivity contribution >= 4 is 22.9 Å². The number of halogens is 1. The Bertz CT molecular complexity index is 529. The van der Waals surface area contributed by atoms with E-state index < -0.39 is 6.10 Å².